The van der Waals surface area contributed by atoms with Crippen LogP contribution in [0.4, 0.5) is 24.7 Å². The minimum Gasteiger partial charge on any atom is -0.356 e. The van der Waals surface area contributed by atoms with Crippen LogP contribution in [0.1, 0.15) is 59.3 Å². The minimum atomic E-state index is -4.58. The van der Waals surface area contributed by atoms with Crippen LogP contribution < -0.4 is 10.2 Å². The van der Waals surface area contributed by atoms with Gasteiger partial charge in [0, 0.05) is 23.7 Å². The molecule has 2 heterocycles. The Morgan fingerprint density at radius 2 is 1.84 bits per heavy atom. The predicted octanol–water partition coefficient (Wildman–Crippen LogP) is 6.46. The first-order valence-corrected chi connectivity index (χ1v) is 12.1. The number of amides is 1. The number of carbonyl (C=O) groups is 1. The van der Waals surface area contributed by atoms with Crippen LogP contribution in [0.15, 0.2) is 29.2 Å². The van der Waals surface area contributed by atoms with E-state index in [1.807, 2.05) is 29.4 Å². The molecule has 1 N–H and O–H groups in total. The molecule has 0 bridgehead atoms. The van der Waals surface area contributed by atoms with E-state index in [9.17, 15) is 18.0 Å². The van der Waals surface area contributed by atoms with E-state index in [0.29, 0.717) is 30.0 Å². The number of alkyl halides is 3. The van der Waals surface area contributed by atoms with Crippen LogP contribution in [0.5, 0.6) is 0 Å². The average Bonchev–Trinajstić information content (AvgIpc) is 2.71. The van der Waals surface area contributed by atoms with Crippen LogP contribution in [-0.2, 0) is 6.18 Å². The Balaban J connectivity index is 1.73. The van der Waals surface area contributed by atoms with Gasteiger partial charge in [0.25, 0.3) is 5.91 Å². The Morgan fingerprint density at radius 1 is 1.16 bits per heavy atom. The molecular weight excluding hydrogens is 435 g/mol. The lowest BCUT2D eigenvalue weighted by Gasteiger charge is -2.48. The zero-order valence-electron chi connectivity index (χ0n) is 18.6. The highest BCUT2D eigenvalue weighted by Crippen LogP contribution is 2.49. The lowest BCUT2D eigenvalue weighted by atomic mass is 9.63. The highest BCUT2D eigenvalue weighted by molar-refractivity contribution is 7.98. The normalized spacial score (nSPS) is 17.9. The maximum absolute atomic E-state index is 13.8. The summed E-state index contributed by atoms with van der Waals surface area (Å²) < 4.78 is 41.5. The molecule has 172 valence electrons. The van der Waals surface area contributed by atoms with Gasteiger partial charge in [-0.15, -0.1) is 11.8 Å². The van der Waals surface area contributed by atoms with E-state index in [-0.39, 0.29) is 16.8 Å². The standard InChI is InChI=1S/C24H28F3N3OS/c1-15-19(22(31)29-17-6-4-7-18(14-17)32-3)21(28-16(2)20(15)24(25,26)27)30-12-10-23(11-13-30)8-5-9-23/h4,6-7,14H,5,8-13H2,1-3H3,(H,29,31). The molecular formula is C24H28F3N3OS. The fraction of sp³-hybridized carbons (Fsp3) is 0.500. The van der Waals surface area contributed by atoms with Gasteiger partial charge in [0.1, 0.15) is 5.82 Å². The molecule has 1 aliphatic carbocycles. The molecule has 1 aliphatic heterocycles. The number of aryl methyl sites for hydroxylation is 1. The van der Waals surface area contributed by atoms with Crippen molar-refractivity contribution in [3.05, 3.63) is 46.6 Å². The molecule has 0 radical (unpaired) electrons. The fourth-order valence-electron chi connectivity index (χ4n) is 5.02. The predicted molar refractivity (Wildman–Crippen MR) is 123 cm³/mol. The summed E-state index contributed by atoms with van der Waals surface area (Å²) >= 11 is 1.53. The molecule has 2 aromatic rings. The molecule has 32 heavy (non-hydrogen) atoms. The molecule has 1 saturated heterocycles. The zero-order chi connectivity index (χ0) is 23.1. The quantitative estimate of drug-likeness (QED) is 0.529. The molecule has 4 nitrogen and oxygen atoms in total. The third-order valence-electron chi connectivity index (χ3n) is 6.99. The second kappa shape index (κ2) is 8.61. The van der Waals surface area contributed by atoms with E-state index >= 15 is 0 Å². The van der Waals surface area contributed by atoms with Crippen molar-refractivity contribution in [3.8, 4) is 0 Å². The Labute approximate surface area is 191 Å². The Morgan fingerprint density at radius 3 is 2.41 bits per heavy atom. The average molecular weight is 464 g/mol. The molecule has 0 unspecified atom stereocenters. The third-order valence-corrected chi connectivity index (χ3v) is 7.71. The maximum atomic E-state index is 13.8. The molecule has 4 rings (SSSR count). The second-order valence-electron chi connectivity index (χ2n) is 8.92. The van der Waals surface area contributed by atoms with E-state index in [2.05, 4.69) is 10.3 Å². The highest BCUT2D eigenvalue weighted by Gasteiger charge is 2.42. The van der Waals surface area contributed by atoms with Gasteiger partial charge in [-0.2, -0.15) is 13.2 Å². The molecule has 1 aromatic heterocycles. The number of nitrogens with zero attached hydrogens (tertiary/aromatic N) is 2. The number of halogens is 3. The first-order chi connectivity index (χ1) is 15.1. The number of benzene rings is 1. The number of carbonyl (C=O) groups excluding carboxylic acids is 1. The first kappa shape index (κ1) is 23.0. The molecule has 1 aromatic carbocycles. The number of hydrogen-bond donors (Lipinski definition) is 1. The Hall–Kier alpha value is -2.22. The van der Waals surface area contributed by atoms with Crippen molar-refractivity contribution in [1.29, 1.82) is 0 Å². The van der Waals surface area contributed by atoms with Crippen molar-refractivity contribution in [2.24, 2.45) is 5.41 Å². The minimum absolute atomic E-state index is 0.0158. The maximum Gasteiger partial charge on any atom is 0.418 e. The topological polar surface area (TPSA) is 45.2 Å². The van der Waals surface area contributed by atoms with Crippen molar-refractivity contribution >= 4 is 29.2 Å². The van der Waals surface area contributed by atoms with E-state index in [4.69, 9.17) is 0 Å². The number of anilines is 2. The van der Waals surface area contributed by atoms with Gasteiger partial charge in [-0.05, 0) is 75.0 Å². The zero-order valence-corrected chi connectivity index (χ0v) is 19.4. The molecule has 1 saturated carbocycles. The summed E-state index contributed by atoms with van der Waals surface area (Å²) in [5.74, 6) is -0.196. The number of rotatable bonds is 4. The smallest absolute Gasteiger partial charge is 0.356 e. The van der Waals surface area contributed by atoms with E-state index in [1.165, 1.54) is 44.9 Å². The van der Waals surface area contributed by atoms with Crippen LogP contribution in [0.3, 0.4) is 0 Å². The van der Waals surface area contributed by atoms with Crippen LogP contribution in [0.25, 0.3) is 0 Å². The van der Waals surface area contributed by atoms with Gasteiger partial charge in [0.15, 0.2) is 0 Å². The Kier molecular flexibility index (Phi) is 6.18. The largest absolute Gasteiger partial charge is 0.418 e. The summed E-state index contributed by atoms with van der Waals surface area (Å²) in [7, 11) is 0. The lowest BCUT2D eigenvalue weighted by Crippen LogP contribution is -2.44. The van der Waals surface area contributed by atoms with Crippen LogP contribution in [0.2, 0.25) is 0 Å². The number of hydrogen-bond acceptors (Lipinski definition) is 4. The molecule has 2 fully saturated rings. The van der Waals surface area contributed by atoms with Crippen LogP contribution in [-0.4, -0.2) is 30.2 Å². The SMILES string of the molecule is CSc1cccc(NC(=O)c2c(N3CCC4(CCC4)CC3)nc(C)c(C(F)(F)F)c2C)c1. The van der Waals surface area contributed by atoms with Crippen LogP contribution >= 0.6 is 11.8 Å². The van der Waals surface area contributed by atoms with Gasteiger partial charge in [0.05, 0.1) is 16.8 Å². The Bertz CT molecular complexity index is 1020. The summed E-state index contributed by atoms with van der Waals surface area (Å²) in [5, 5.41) is 2.80. The van der Waals surface area contributed by atoms with Crippen LogP contribution in [0, 0.1) is 19.3 Å². The van der Waals surface area contributed by atoms with Gasteiger partial charge >= 0.3 is 6.18 Å². The van der Waals surface area contributed by atoms with E-state index in [0.717, 1.165) is 17.7 Å². The summed E-state index contributed by atoms with van der Waals surface area (Å²) in [4.78, 5) is 20.6. The van der Waals surface area contributed by atoms with Crippen molar-refractivity contribution in [1.82, 2.24) is 4.98 Å². The monoisotopic (exact) mass is 463 g/mol. The highest BCUT2D eigenvalue weighted by atomic mass is 32.2. The van der Waals surface area contributed by atoms with Crippen molar-refractivity contribution in [2.75, 3.05) is 29.6 Å². The lowest BCUT2D eigenvalue weighted by molar-refractivity contribution is -0.138. The summed E-state index contributed by atoms with van der Waals surface area (Å²) in [6.45, 7) is 4.17. The van der Waals surface area contributed by atoms with Gasteiger partial charge in [-0.1, -0.05) is 12.5 Å². The molecule has 0 atom stereocenters. The van der Waals surface area contributed by atoms with Crippen molar-refractivity contribution in [3.63, 3.8) is 0 Å². The number of piperidine rings is 1. The fourth-order valence-corrected chi connectivity index (χ4v) is 5.48. The molecule has 1 spiro atoms. The molecule has 8 heteroatoms. The summed E-state index contributed by atoms with van der Waals surface area (Å²) in [5.41, 5.74) is -0.0304. The molecule has 2 aliphatic rings. The first-order valence-electron chi connectivity index (χ1n) is 10.9. The molecule has 1 amide bonds. The number of nitrogens with one attached hydrogen (secondary N) is 1. The van der Waals surface area contributed by atoms with Gasteiger partial charge in [-0.3, -0.25) is 4.79 Å². The van der Waals surface area contributed by atoms with Crippen molar-refractivity contribution in [2.45, 2.75) is 57.0 Å². The third kappa shape index (κ3) is 4.34. The summed E-state index contributed by atoms with van der Waals surface area (Å²) in [6, 6.07) is 7.27. The van der Waals surface area contributed by atoms with Gasteiger partial charge in [0.2, 0.25) is 0 Å². The van der Waals surface area contributed by atoms with Gasteiger partial charge < -0.3 is 10.2 Å². The number of thioether (sulfide) groups is 1. The van der Waals surface area contributed by atoms with E-state index < -0.39 is 17.6 Å². The van der Waals surface area contributed by atoms with Gasteiger partial charge in [-0.25, -0.2) is 4.98 Å². The second-order valence-corrected chi connectivity index (χ2v) is 9.80. The summed E-state index contributed by atoms with van der Waals surface area (Å²) in [6.07, 6.45) is 3.02. The number of pyridine rings is 1. The van der Waals surface area contributed by atoms with E-state index in [1.54, 1.807) is 6.07 Å². The number of aromatic nitrogens is 1. The van der Waals surface area contributed by atoms with Crippen molar-refractivity contribution < 1.29 is 18.0 Å².